The molecule has 98 valence electrons. The lowest BCUT2D eigenvalue weighted by molar-refractivity contribution is 0.0397. The van der Waals surface area contributed by atoms with Crippen LogP contribution in [0.4, 0.5) is 4.79 Å². The molecule has 5 heteroatoms. The summed E-state index contributed by atoms with van der Waals surface area (Å²) in [4.78, 5) is 16.1. The van der Waals surface area contributed by atoms with Gasteiger partial charge in [0.25, 0.3) is 0 Å². The van der Waals surface area contributed by atoms with Crippen molar-refractivity contribution in [3.8, 4) is 0 Å². The molecule has 17 heavy (non-hydrogen) atoms. The summed E-state index contributed by atoms with van der Waals surface area (Å²) in [7, 11) is 3.72. The van der Waals surface area contributed by atoms with Crippen molar-refractivity contribution in [1.82, 2.24) is 9.80 Å². The van der Waals surface area contributed by atoms with Crippen molar-refractivity contribution in [2.75, 3.05) is 20.6 Å². The van der Waals surface area contributed by atoms with Gasteiger partial charge in [-0.1, -0.05) is 12.2 Å². The molecule has 4 nitrogen and oxygen atoms in total. The first-order chi connectivity index (χ1) is 7.72. The summed E-state index contributed by atoms with van der Waals surface area (Å²) < 4.78 is 5.30. The molecule has 1 amide bonds. The zero-order valence-corrected chi connectivity index (χ0v) is 12.1. The minimum absolute atomic E-state index is 0.183. The van der Waals surface area contributed by atoms with E-state index in [0.717, 1.165) is 19.4 Å². The molecule has 1 rings (SSSR count). The van der Waals surface area contributed by atoms with Gasteiger partial charge in [-0.3, -0.25) is 9.80 Å². The highest BCUT2D eigenvalue weighted by Crippen LogP contribution is 2.19. The normalized spacial score (nSPS) is 21.4. The molecular formula is C12H22N2O2S. The first-order valence-electron chi connectivity index (χ1n) is 5.93. The standard InChI is InChI=1S/C12H22N2O2S/c1-12(2,3)16-11(15)14(5)10(17)9-7-6-8-13(9)4/h9H,6-8H2,1-5H3/t9-/m0/s1. The number of likely N-dealkylation sites (tertiary alicyclic amines) is 1. The zero-order valence-electron chi connectivity index (χ0n) is 11.3. The number of likely N-dealkylation sites (N-methyl/N-ethyl adjacent to an activating group) is 2. The van der Waals surface area contributed by atoms with E-state index >= 15 is 0 Å². The van der Waals surface area contributed by atoms with E-state index in [1.165, 1.54) is 4.90 Å². The Bertz CT molecular complexity index is 312. The van der Waals surface area contributed by atoms with E-state index in [9.17, 15) is 4.79 Å². The molecule has 0 aromatic carbocycles. The Kier molecular flexibility index (Phi) is 4.49. The van der Waals surface area contributed by atoms with Crippen molar-refractivity contribution in [2.24, 2.45) is 0 Å². The van der Waals surface area contributed by atoms with Crippen LogP contribution in [0.25, 0.3) is 0 Å². The third-order valence-corrected chi connectivity index (χ3v) is 3.35. The van der Waals surface area contributed by atoms with E-state index in [2.05, 4.69) is 4.90 Å². The summed E-state index contributed by atoms with van der Waals surface area (Å²) in [6.07, 6.45) is 1.77. The fraction of sp³-hybridized carbons (Fsp3) is 0.833. The molecule has 1 aliphatic rings. The van der Waals surface area contributed by atoms with Gasteiger partial charge in [0.05, 0.1) is 6.04 Å². The van der Waals surface area contributed by atoms with Gasteiger partial charge in [-0.15, -0.1) is 0 Å². The van der Waals surface area contributed by atoms with Crippen molar-refractivity contribution in [1.29, 1.82) is 0 Å². The van der Waals surface area contributed by atoms with Crippen molar-refractivity contribution in [3.63, 3.8) is 0 Å². The number of carbonyl (C=O) groups excluding carboxylic acids is 1. The molecular weight excluding hydrogens is 236 g/mol. The second kappa shape index (κ2) is 5.31. The highest BCUT2D eigenvalue weighted by molar-refractivity contribution is 7.80. The Morgan fingerprint density at radius 2 is 2.06 bits per heavy atom. The lowest BCUT2D eigenvalue weighted by atomic mass is 10.2. The van der Waals surface area contributed by atoms with E-state index in [-0.39, 0.29) is 12.1 Å². The van der Waals surface area contributed by atoms with E-state index < -0.39 is 5.60 Å². The second-order valence-corrected chi connectivity index (χ2v) is 5.93. The van der Waals surface area contributed by atoms with Crippen molar-refractivity contribution < 1.29 is 9.53 Å². The predicted molar refractivity (Wildman–Crippen MR) is 72.2 cm³/mol. The van der Waals surface area contributed by atoms with E-state index in [1.807, 2.05) is 27.8 Å². The van der Waals surface area contributed by atoms with Crippen LogP contribution < -0.4 is 0 Å². The summed E-state index contributed by atoms with van der Waals surface area (Å²) in [6.45, 7) is 6.59. The molecule has 0 aliphatic carbocycles. The number of nitrogens with zero attached hydrogens (tertiary/aromatic N) is 2. The fourth-order valence-electron chi connectivity index (χ4n) is 1.87. The summed E-state index contributed by atoms with van der Waals surface area (Å²) in [5, 5.41) is 0. The summed E-state index contributed by atoms with van der Waals surface area (Å²) in [6, 6.07) is 0.183. The number of rotatable bonds is 1. The topological polar surface area (TPSA) is 32.8 Å². The van der Waals surface area contributed by atoms with Gasteiger partial charge in [-0.2, -0.15) is 0 Å². The van der Waals surface area contributed by atoms with Crippen LogP contribution in [0, 0.1) is 0 Å². The molecule has 1 aliphatic heterocycles. The summed E-state index contributed by atoms with van der Waals surface area (Å²) in [5.41, 5.74) is -0.484. The first-order valence-corrected chi connectivity index (χ1v) is 6.34. The number of carbonyl (C=O) groups is 1. The Balaban J connectivity index is 2.60. The summed E-state index contributed by atoms with van der Waals surface area (Å²) in [5.74, 6) is 0. The van der Waals surface area contributed by atoms with Gasteiger partial charge in [0.1, 0.15) is 10.6 Å². The maximum absolute atomic E-state index is 11.9. The van der Waals surface area contributed by atoms with Gasteiger partial charge in [0, 0.05) is 7.05 Å². The number of amides is 1. The van der Waals surface area contributed by atoms with Gasteiger partial charge >= 0.3 is 6.09 Å². The maximum atomic E-state index is 11.9. The lowest BCUT2D eigenvalue weighted by Gasteiger charge is -2.29. The molecule has 1 heterocycles. The average molecular weight is 258 g/mol. The van der Waals surface area contributed by atoms with E-state index in [0.29, 0.717) is 4.99 Å². The van der Waals surface area contributed by atoms with Crippen LogP contribution >= 0.6 is 12.2 Å². The number of ether oxygens (including phenoxy) is 1. The molecule has 0 aromatic rings. The van der Waals surface area contributed by atoms with Crippen molar-refractivity contribution >= 4 is 23.3 Å². The molecule has 0 aromatic heterocycles. The molecule has 1 fully saturated rings. The molecule has 0 spiro atoms. The monoisotopic (exact) mass is 258 g/mol. The molecule has 0 N–H and O–H groups in total. The van der Waals surface area contributed by atoms with Crippen molar-refractivity contribution in [3.05, 3.63) is 0 Å². The second-order valence-electron chi connectivity index (χ2n) is 5.52. The minimum atomic E-state index is -0.484. The van der Waals surface area contributed by atoms with E-state index in [4.69, 9.17) is 17.0 Å². The van der Waals surface area contributed by atoms with Gasteiger partial charge in [0.15, 0.2) is 0 Å². The maximum Gasteiger partial charge on any atom is 0.414 e. The number of hydrogen-bond donors (Lipinski definition) is 0. The Hall–Kier alpha value is -0.680. The van der Waals surface area contributed by atoms with Gasteiger partial charge in [-0.25, -0.2) is 4.79 Å². The third kappa shape index (κ3) is 3.92. The smallest absolute Gasteiger partial charge is 0.414 e. The Morgan fingerprint density at radius 3 is 2.47 bits per heavy atom. The number of hydrogen-bond acceptors (Lipinski definition) is 4. The highest BCUT2D eigenvalue weighted by Gasteiger charge is 2.30. The first kappa shape index (κ1) is 14.4. The highest BCUT2D eigenvalue weighted by atomic mass is 32.1. The lowest BCUT2D eigenvalue weighted by Crippen LogP contribution is -2.45. The van der Waals surface area contributed by atoms with Crippen LogP contribution in [0.2, 0.25) is 0 Å². The Labute approximate surface area is 109 Å². The predicted octanol–water partition coefficient (Wildman–Crippen LogP) is 2.27. The third-order valence-electron chi connectivity index (χ3n) is 2.80. The van der Waals surface area contributed by atoms with Crippen molar-refractivity contribution in [2.45, 2.75) is 45.3 Å². The fourth-order valence-corrected chi connectivity index (χ4v) is 2.24. The molecule has 0 unspecified atom stereocenters. The SMILES string of the molecule is CN(C(=O)OC(C)(C)C)C(=S)[C@@H]1CCCN1C. The molecule has 0 bridgehead atoms. The van der Waals surface area contributed by atoms with Crippen LogP contribution in [-0.2, 0) is 4.74 Å². The van der Waals surface area contributed by atoms with Gasteiger partial charge in [0.2, 0.25) is 0 Å². The molecule has 1 atom stereocenters. The zero-order chi connectivity index (χ0) is 13.2. The van der Waals surface area contributed by atoms with Crippen LogP contribution in [-0.4, -0.2) is 53.2 Å². The van der Waals surface area contributed by atoms with Gasteiger partial charge < -0.3 is 4.74 Å². The van der Waals surface area contributed by atoms with E-state index in [1.54, 1.807) is 7.05 Å². The molecule has 0 radical (unpaired) electrons. The summed E-state index contributed by atoms with van der Waals surface area (Å²) >= 11 is 5.36. The van der Waals surface area contributed by atoms with Gasteiger partial charge in [-0.05, 0) is 47.2 Å². The average Bonchev–Trinajstić information content (AvgIpc) is 2.59. The molecule has 1 saturated heterocycles. The van der Waals surface area contributed by atoms with Crippen LogP contribution in [0.5, 0.6) is 0 Å². The molecule has 0 saturated carbocycles. The Morgan fingerprint density at radius 1 is 1.47 bits per heavy atom. The van der Waals surface area contributed by atoms with Crippen LogP contribution in [0.1, 0.15) is 33.6 Å². The minimum Gasteiger partial charge on any atom is -0.443 e. The quantitative estimate of drug-likeness (QED) is 0.676. The number of thiocarbonyl (C=S) groups is 1. The van der Waals surface area contributed by atoms with Crippen LogP contribution in [0.3, 0.4) is 0 Å². The largest absolute Gasteiger partial charge is 0.443 e. The van der Waals surface area contributed by atoms with Crippen LogP contribution in [0.15, 0.2) is 0 Å².